The molecule has 3 aliphatic heterocycles. The van der Waals surface area contributed by atoms with Crippen LogP contribution in [0.5, 0.6) is 11.5 Å². The smallest absolute Gasteiger partial charge is 0.231 e. The van der Waals surface area contributed by atoms with Gasteiger partial charge in [0, 0.05) is 31.7 Å². The summed E-state index contributed by atoms with van der Waals surface area (Å²) in [7, 11) is 0. The van der Waals surface area contributed by atoms with Crippen LogP contribution in [-0.4, -0.2) is 36.9 Å². The van der Waals surface area contributed by atoms with Crippen molar-refractivity contribution in [2.45, 2.75) is 37.9 Å². The highest BCUT2D eigenvalue weighted by Gasteiger charge is 2.29. The van der Waals surface area contributed by atoms with E-state index in [2.05, 4.69) is 22.3 Å². The molecule has 3 aliphatic rings. The van der Waals surface area contributed by atoms with Gasteiger partial charge in [0.05, 0.1) is 0 Å². The van der Waals surface area contributed by atoms with Crippen LogP contribution >= 0.6 is 0 Å². The Morgan fingerprint density at radius 2 is 2.00 bits per heavy atom. The average Bonchev–Trinajstić information content (AvgIpc) is 2.98. The molecule has 2 fully saturated rings. The molecule has 19 heavy (non-hydrogen) atoms. The molecule has 0 spiro atoms. The van der Waals surface area contributed by atoms with Crippen LogP contribution in [0.4, 0.5) is 0 Å². The summed E-state index contributed by atoms with van der Waals surface area (Å²) in [4.78, 5) is 2.56. The topological polar surface area (TPSA) is 33.7 Å². The highest BCUT2D eigenvalue weighted by Crippen LogP contribution is 2.33. The third-order valence-electron chi connectivity index (χ3n) is 4.45. The summed E-state index contributed by atoms with van der Waals surface area (Å²) in [6, 6.07) is 7.76. The molecule has 2 atom stereocenters. The molecule has 1 aromatic carbocycles. The molecular weight excluding hydrogens is 240 g/mol. The Hall–Kier alpha value is -1.26. The number of hydrogen-bond acceptors (Lipinski definition) is 4. The van der Waals surface area contributed by atoms with Gasteiger partial charge in [-0.1, -0.05) is 6.07 Å². The maximum atomic E-state index is 5.45. The third-order valence-corrected chi connectivity index (χ3v) is 4.45. The van der Waals surface area contributed by atoms with Crippen LogP contribution in [0.1, 0.15) is 24.8 Å². The monoisotopic (exact) mass is 260 g/mol. The Labute approximate surface area is 113 Å². The zero-order valence-electron chi connectivity index (χ0n) is 11.1. The number of benzene rings is 1. The van der Waals surface area contributed by atoms with Crippen molar-refractivity contribution in [1.29, 1.82) is 0 Å². The van der Waals surface area contributed by atoms with Crippen LogP contribution in [0.2, 0.25) is 0 Å². The Morgan fingerprint density at radius 1 is 1.11 bits per heavy atom. The predicted octanol–water partition coefficient (Wildman–Crippen LogP) is 1.74. The van der Waals surface area contributed by atoms with Crippen LogP contribution in [0.15, 0.2) is 18.2 Å². The van der Waals surface area contributed by atoms with Gasteiger partial charge in [0.25, 0.3) is 0 Å². The van der Waals surface area contributed by atoms with E-state index in [9.17, 15) is 0 Å². The molecule has 0 amide bonds. The van der Waals surface area contributed by atoms with E-state index in [1.807, 2.05) is 6.07 Å². The van der Waals surface area contributed by atoms with Crippen LogP contribution in [0.3, 0.4) is 0 Å². The number of nitrogens with one attached hydrogen (secondary N) is 1. The molecule has 4 nitrogen and oxygen atoms in total. The van der Waals surface area contributed by atoms with E-state index in [0.29, 0.717) is 12.8 Å². The van der Waals surface area contributed by atoms with Crippen molar-refractivity contribution >= 4 is 0 Å². The Morgan fingerprint density at radius 3 is 3.00 bits per heavy atom. The lowest BCUT2D eigenvalue weighted by Gasteiger charge is -2.24. The van der Waals surface area contributed by atoms with Gasteiger partial charge in [-0.25, -0.2) is 0 Å². The van der Waals surface area contributed by atoms with Crippen molar-refractivity contribution in [2.75, 3.05) is 19.9 Å². The lowest BCUT2D eigenvalue weighted by Crippen LogP contribution is -2.34. The molecule has 0 radical (unpaired) electrons. The average molecular weight is 260 g/mol. The second-order valence-corrected chi connectivity index (χ2v) is 5.85. The lowest BCUT2D eigenvalue weighted by atomic mass is 10.1. The molecule has 3 heterocycles. The number of rotatable bonds is 2. The van der Waals surface area contributed by atoms with E-state index in [0.717, 1.165) is 24.1 Å². The predicted molar refractivity (Wildman–Crippen MR) is 72.4 cm³/mol. The summed E-state index contributed by atoms with van der Waals surface area (Å²) in [5, 5.41) is 3.72. The number of hydrogen-bond donors (Lipinski definition) is 1. The zero-order valence-corrected chi connectivity index (χ0v) is 11.1. The van der Waals surface area contributed by atoms with Crippen LogP contribution in [0.25, 0.3) is 0 Å². The van der Waals surface area contributed by atoms with Crippen molar-refractivity contribution < 1.29 is 9.47 Å². The summed E-state index contributed by atoms with van der Waals surface area (Å²) in [5.41, 5.74) is 1.32. The maximum Gasteiger partial charge on any atom is 0.231 e. The van der Waals surface area contributed by atoms with Gasteiger partial charge in [-0.2, -0.15) is 0 Å². The van der Waals surface area contributed by atoms with E-state index in [-0.39, 0.29) is 0 Å². The van der Waals surface area contributed by atoms with Gasteiger partial charge in [0.15, 0.2) is 11.5 Å². The summed E-state index contributed by atoms with van der Waals surface area (Å²) in [6.07, 6.45) is 3.98. The number of likely N-dealkylation sites (tertiary alicyclic amines) is 1. The minimum absolute atomic E-state index is 0.357. The van der Waals surface area contributed by atoms with Crippen molar-refractivity contribution in [3.05, 3.63) is 23.8 Å². The number of fused-ring (bicyclic) bond motifs is 3. The molecule has 2 saturated heterocycles. The minimum Gasteiger partial charge on any atom is -0.454 e. The molecule has 2 unspecified atom stereocenters. The number of nitrogens with zero attached hydrogens (tertiary/aromatic N) is 1. The van der Waals surface area contributed by atoms with Gasteiger partial charge in [-0.3, -0.25) is 4.90 Å². The quantitative estimate of drug-likeness (QED) is 0.878. The second-order valence-electron chi connectivity index (χ2n) is 5.85. The molecule has 0 saturated carbocycles. The van der Waals surface area contributed by atoms with Gasteiger partial charge in [0.2, 0.25) is 6.79 Å². The minimum atomic E-state index is 0.357. The fourth-order valence-corrected chi connectivity index (χ4v) is 3.46. The van der Waals surface area contributed by atoms with Crippen molar-refractivity contribution in [3.8, 4) is 11.5 Å². The largest absolute Gasteiger partial charge is 0.454 e. The molecule has 0 aromatic heterocycles. The van der Waals surface area contributed by atoms with Crippen LogP contribution < -0.4 is 14.8 Å². The summed E-state index contributed by atoms with van der Waals surface area (Å²) >= 11 is 0. The zero-order chi connectivity index (χ0) is 12.7. The van der Waals surface area contributed by atoms with E-state index >= 15 is 0 Å². The van der Waals surface area contributed by atoms with Crippen LogP contribution in [0, 0.1) is 0 Å². The fraction of sp³-hybridized carbons (Fsp3) is 0.600. The summed E-state index contributed by atoms with van der Waals surface area (Å²) in [5.74, 6) is 1.77. The highest BCUT2D eigenvalue weighted by atomic mass is 16.7. The lowest BCUT2D eigenvalue weighted by molar-refractivity contribution is 0.174. The van der Waals surface area contributed by atoms with E-state index in [1.165, 1.54) is 37.9 Å². The molecule has 1 aromatic rings. The Bertz CT molecular complexity index is 477. The van der Waals surface area contributed by atoms with Crippen molar-refractivity contribution in [1.82, 2.24) is 10.2 Å². The summed E-state index contributed by atoms with van der Waals surface area (Å²) in [6.45, 7) is 3.74. The third kappa shape index (κ3) is 2.30. The SMILES string of the molecule is c1cc2c(cc1CN1CCC3CCC(C1)N3)OCO2. The maximum absolute atomic E-state index is 5.45. The first-order valence-corrected chi connectivity index (χ1v) is 7.24. The van der Waals surface area contributed by atoms with Gasteiger partial charge >= 0.3 is 0 Å². The van der Waals surface area contributed by atoms with E-state index < -0.39 is 0 Å². The first-order chi connectivity index (χ1) is 9.37. The summed E-state index contributed by atoms with van der Waals surface area (Å²) < 4.78 is 10.8. The molecule has 1 N–H and O–H groups in total. The van der Waals surface area contributed by atoms with Crippen molar-refractivity contribution in [2.24, 2.45) is 0 Å². The molecular formula is C15H20N2O2. The Kier molecular flexibility index (Phi) is 2.85. The first-order valence-electron chi connectivity index (χ1n) is 7.24. The van der Waals surface area contributed by atoms with Gasteiger partial charge in [-0.05, 0) is 37.0 Å². The fourth-order valence-electron chi connectivity index (χ4n) is 3.46. The highest BCUT2D eigenvalue weighted by molar-refractivity contribution is 5.44. The standard InChI is InChI=1S/C15H20N2O2/c1-4-14-15(19-10-18-14)7-11(1)8-17-6-5-12-2-3-13(9-17)16-12/h1,4,7,12-13,16H,2-3,5-6,8-10H2. The van der Waals surface area contributed by atoms with E-state index in [4.69, 9.17) is 9.47 Å². The second kappa shape index (κ2) is 4.69. The van der Waals surface area contributed by atoms with Crippen LogP contribution in [-0.2, 0) is 6.54 Å². The first kappa shape index (κ1) is 11.6. The van der Waals surface area contributed by atoms with E-state index in [1.54, 1.807) is 0 Å². The molecule has 0 aliphatic carbocycles. The molecule has 4 rings (SSSR count). The Balaban J connectivity index is 1.46. The van der Waals surface area contributed by atoms with Gasteiger partial charge in [0.1, 0.15) is 0 Å². The van der Waals surface area contributed by atoms with Gasteiger partial charge < -0.3 is 14.8 Å². The van der Waals surface area contributed by atoms with Gasteiger partial charge in [-0.15, -0.1) is 0 Å². The molecule has 2 bridgehead atoms. The normalized spacial score (nSPS) is 29.5. The van der Waals surface area contributed by atoms with Crippen molar-refractivity contribution in [3.63, 3.8) is 0 Å². The number of ether oxygens (including phenoxy) is 2. The molecule has 4 heteroatoms. The molecule has 102 valence electrons.